The van der Waals surface area contributed by atoms with E-state index in [9.17, 15) is 19.5 Å². The minimum atomic E-state index is -1.24. The molecule has 1 fully saturated rings. The first-order chi connectivity index (χ1) is 12.4. The van der Waals surface area contributed by atoms with Crippen molar-refractivity contribution < 1.29 is 77.5 Å². The van der Waals surface area contributed by atoms with E-state index in [1.54, 1.807) is 0 Å². The molecule has 3 heterocycles. The number of carboxylic acid groups (broad SMARTS) is 1. The van der Waals surface area contributed by atoms with Crippen molar-refractivity contribution in [1.82, 2.24) is 15.2 Å². The molecule has 2 amide bonds. The molecule has 5 N–H and O–H groups in total. The van der Waals surface area contributed by atoms with Crippen molar-refractivity contribution in [1.29, 1.82) is 0 Å². The van der Waals surface area contributed by atoms with Crippen LogP contribution in [0, 0.1) is 0 Å². The molecule has 0 bridgehead atoms. The second-order valence-corrected chi connectivity index (χ2v) is 7.26. The van der Waals surface area contributed by atoms with Crippen LogP contribution in [0.5, 0.6) is 0 Å². The molecule has 0 saturated carbocycles. The predicted octanol–water partition coefficient (Wildman–Crippen LogP) is -3.06. The van der Waals surface area contributed by atoms with Gasteiger partial charge in [0.1, 0.15) is 22.8 Å². The van der Waals surface area contributed by atoms with Gasteiger partial charge in [-0.2, -0.15) is 0 Å². The van der Waals surface area contributed by atoms with Gasteiger partial charge in [0.05, 0.1) is 0 Å². The summed E-state index contributed by atoms with van der Waals surface area (Å²) in [5, 5.41) is 24.9. The number of aromatic nitrogens is 1. The van der Waals surface area contributed by atoms with Crippen LogP contribution in [0.1, 0.15) is 7.12 Å². The number of carbonyl (C=O) groups excluding carboxylic acids is 2. The molecular formula is C14H14KN5O5S2. The van der Waals surface area contributed by atoms with Gasteiger partial charge >= 0.3 is 57.4 Å². The standard InChI is InChI=1S/C14H13N5O5S2.K.H/c1-2-5-3-25-12-8(11(21)19(12)9(5)13(22)23)17-10(20)7(18-24)6-4-26-14(15)16-6;;/h2,4,8,12,24H,1,3H2,(H2,15,16)(H,17,20)(H,22,23);;/q;+1;-1/t8-,12-;;/m1../s1. The van der Waals surface area contributed by atoms with Crippen molar-refractivity contribution in [2.75, 3.05) is 11.5 Å². The molecule has 1 aromatic rings. The van der Waals surface area contributed by atoms with Gasteiger partial charge in [-0.15, -0.1) is 23.1 Å². The first-order valence-corrected chi connectivity index (χ1v) is 9.09. The average molecular weight is 436 g/mol. The fraction of sp³-hybridized carbons (Fsp3) is 0.214. The zero-order valence-electron chi connectivity index (χ0n) is 15.1. The van der Waals surface area contributed by atoms with Gasteiger partial charge in [0, 0.05) is 11.1 Å². The van der Waals surface area contributed by atoms with E-state index < -0.39 is 29.2 Å². The summed E-state index contributed by atoms with van der Waals surface area (Å²) in [5.74, 6) is -2.27. The minimum absolute atomic E-state index is 0. The number of hydrogen-bond acceptors (Lipinski definition) is 9. The number of fused-ring (bicyclic) bond motifs is 1. The smallest absolute Gasteiger partial charge is 1.00 e. The summed E-state index contributed by atoms with van der Waals surface area (Å²) in [6, 6.07) is -0.944. The number of nitrogens with zero attached hydrogens (tertiary/aromatic N) is 3. The Morgan fingerprint density at radius 3 is 2.78 bits per heavy atom. The predicted molar refractivity (Wildman–Crippen MR) is 95.8 cm³/mol. The quantitative estimate of drug-likeness (QED) is 0.125. The van der Waals surface area contributed by atoms with Gasteiger partial charge in [-0.3, -0.25) is 14.5 Å². The van der Waals surface area contributed by atoms with Gasteiger partial charge in [-0.05, 0) is 5.57 Å². The number of carbonyl (C=O) groups is 3. The second kappa shape index (κ2) is 8.85. The number of nitrogens with two attached hydrogens (primary N) is 1. The normalized spacial score (nSPS) is 21.7. The Balaban J connectivity index is 0.00000196. The number of carboxylic acids is 1. The average Bonchev–Trinajstić information content (AvgIpc) is 3.04. The maximum absolute atomic E-state index is 12.4. The van der Waals surface area contributed by atoms with E-state index in [1.807, 2.05) is 0 Å². The fourth-order valence-corrected chi connectivity index (χ4v) is 4.51. The van der Waals surface area contributed by atoms with E-state index in [1.165, 1.54) is 23.2 Å². The number of aliphatic carboxylic acids is 1. The number of rotatable bonds is 5. The number of hydrogen-bond donors (Lipinski definition) is 4. The molecular weight excluding hydrogens is 421 g/mol. The van der Waals surface area contributed by atoms with E-state index >= 15 is 0 Å². The third-order valence-electron chi connectivity index (χ3n) is 3.81. The topological polar surface area (TPSA) is 158 Å². The number of allylic oxidation sites excluding steroid dienone is 1. The van der Waals surface area contributed by atoms with Gasteiger partial charge in [0.25, 0.3) is 11.8 Å². The van der Waals surface area contributed by atoms with E-state index in [-0.39, 0.29) is 75.0 Å². The number of β-lactam (4-membered cyclic amide) rings is 1. The summed E-state index contributed by atoms with van der Waals surface area (Å²) in [6.45, 7) is 3.56. The number of oxime groups is 1. The van der Waals surface area contributed by atoms with Gasteiger partial charge in [-0.25, -0.2) is 9.78 Å². The van der Waals surface area contributed by atoms with Crippen LogP contribution in [0.25, 0.3) is 0 Å². The number of amides is 2. The van der Waals surface area contributed by atoms with Crippen LogP contribution < -0.4 is 62.4 Å². The molecule has 1 saturated heterocycles. The van der Waals surface area contributed by atoms with Crippen LogP contribution in [0.4, 0.5) is 5.13 Å². The number of nitrogens with one attached hydrogen (secondary N) is 1. The molecule has 1 aromatic heterocycles. The zero-order chi connectivity index (χ0) is 19.0. The Hall–Kier alpha value is -1.22. The molecule has 0 unspecified atom stereocenters. The Bertz CT molecular complexity index is 889. The molecule has 138 valence electrons. The second-order valence-electron chi connectivity index (χ2n) is 5.26. The van der Waals surface area contributed by atoms with Crippen LogP contribution in [0.3, 0.4) is 0 Å². The maximum Gasteiger partial charge on any atom is 1.00 e. The molecule has 2 atom stereocenters. The Kier molecular flexibility index (Phi) is 7.24. The molecule has 3 rings (SSSR count). The first-order valence-electron chi connectivity index (χ1n) is 7.16. The molecule has 0 spiro atoms. The molecule has 0 aromatic carbocycles. The Labute approximate surface area is 205 Å². The molecule has 0 radical (unpaired) electrons. The van der Waals surface area contributed by atoms with Crippen molar-refractivity contribution in [2.45, 2.75) is 11.4 Å². The monoisotopic (exact) mass is 435 g/mol. The van der Waals surface area contributed by atoms with Crippen LogP contribution in [-0.2, 0) is 14.4 Å². The Morgan fingerprint density at radius 2 is 2.26 bits per heavy atom. The van der Waals surface area contributed by atoms with Crippen molar-refractivity contribution in [2.24, 2.45) is 5.16 Å². The number of thioether (sulfide) groups is 1. The third kappa shape index (κ3) is 3.99. The summed E-state index contributed by atoms with van der Waals surface area (Å²) in [6.07, 6.45) is 1.40. The summed E-state index contributed by atoms with van der Waals surface area (Å²) >= 11 is 2.37. The van der Waals surface area contributed by atoms with Crippen molar-refractivity contribution in [3.63, 3.8) is 0 Å². The molecule has 0 aliphatic carbocycles. The van der Waals surface area contributed by atoms with Gasteiger partial charge in [0.2, 0.25) is 0 Å². The maximum atomic E-state index is 12.4. The van der Waals surface area contributed by atoms with Crippen molar-refractivity contribution >= 4 is 51.7 Å². The fourth-order valence-electron chi connectivity index (χ4n) is 2.62. The van der Waals surface area contributed by atoms with E-state index in [0.29, 0.717) is 11.3 Å². The third-order valence-corrected chi connectivity index (χ3v) is 5.79. The minimum Gasteiger partial charge on any atom is -1.00 e. The summed E-state index contributed by atoms with van der Waals surface area (Å²) in [4.78, 5) is 41.2. The largest absolute Gasteiger partial charge is 1.00 e. The molecule has 27 heavy (non-hydrogen) atoms. The molecule has 2 aliphatic rings. The summed E-state index contributed by atoms with van der Waals surface area (Å²) < 4.78 is 0. The van der Waals surface area contributed by atoms with Crippen molar-refractivity contribution in [3.05, 3.63) is 35.0 Å². The number of anilines is 1. The SMILES string of the molecule is C=CC1=C(C(=O)O)N2C(=O)[C@@H](NC(=O)C(=NO)c3csc(N)n3)[C@H]2SC1.[H-].[K+]. The summed E-state index contributed by atoms with van der Waals surface area (Å²) in [5.41, 5.74) is 5.49. The van der Waals surface area contributed by atoms with Crippen LogP contribution >= 0.6 is 23.1 Å². The van der Waals surface area contributed by atoms with Gasteiger partial charge < -0.3 is 22.8 Å². The van der Waals surface area contributed by atoms with Gasteiger partial charge in [0.15, 0.2) is 10.8 Å². The van der Waals surface area contributed by atoms with Crippen LogP contribution in [-0.4, -0.2) is 60.9 Å². The first kappa shape index (κ1) is 22.1. The van der Waals surface area contributed by atoms with Gasteiger partial charge in [-0.1, -0.05) is 17.8 Å². The number of nitrogen functional groups attached to an aromatic ring is 1. The van der Waals surface area contributed by atoms with E-state index in [2.05, 4.69) is 22.0 Å². The zero-order valence-corrected chi connectivity index (χ0v) is 18.8. The van der Waals surface area contributed by atoms with E-state index in [4.69, 9.17) is 10.9 Å². The van der Waals surface area contributed by atoms with Crippen LogP contribution in [0.15, 0.2) is 34.5 Å². The Morgan fingerprint density at radius 1 is 1.56 bits per heavy atom. The molecule has 10 nitrogen and oxygen atoms in total. The molecule has 2 aliphatic heterocycles. The van der Waals surface area contributed by atoms with Crippen LogP contribution in [0.2, 0.25) is 0 Å². The number of thiazole rings is 1. The van der Waals surface area contributed by atoms with E-state index in [0.717, 1.165) is 16.2 Å². The summed E-state index contributed by atoms with van der Waals surface area (Å²) in [7, 11) is 0. The van der Waals surface area contributed by atoms with Crippen molar-refractivity contribution in [3.8, 4) is 0 Å². The molecule has 13 heteroatoms.